The maximum absolute atomic E-state index is 12.1. The van der Waals surface area contributed by atoms with Crippen molar-refractivity contribution < 1.29 is 33.4 Å². The first-order valence-corrected chi connectivity index (χ1v) is 13.4. The number of nitrogens with zero attached hydrogens (tertiary/aromatic N) is 1. The molecule has 2 rings (SSSR count). The average Bonchev–Trinajstić information content (AvgIpc) is 3.21. The Bertz CT molecular complexity index is 781. The van der Waals surface area contributed by atoms with Crippen LogP contribution in [0.3, 0.4) is 0 Å². The van der Waals surface area contributed by atoms with Crippen LogP contribution in [-0.2, 0) is 33.4 Å². The van der Waals surface area contributed by atoms with Gasteiger partial charge in [-0.3, -0.25) is 24.0 Å². The highest BCUT2D eigenvalue weighted by Gasteiger charge is 2.32. The van der Waals surface area contributed by atoms with Crippen LogP contribution >= 0.6 is 0 Å². The van der Waals surface area contributed by atoms with Gasteiger partial charge in [0, 0.05) is 63.8 Å². The van der Waals surface area contributed by atoms with E-state index in [4.69, 9.17) is 9.47 Å². The van der Waals surface area contributed by atoms with Crippen molar-refractivity contribution in [1.29, 1.82) is 0 Å². The molecule has 37 heavy (non-hydrogen) atoms. The number of nitrogens with one attached hydrogen (secondary N) is 3. The molecule has 0 aromatic heterocycles. The lowest BCUT2D eigenvalue weighted by Gasteiger charge is -2.29. The molecule has 2 fully saturated rings. The standard InChI is InChI=1S/C26H44N4O7/c1-18(2)25(34)19-4-6-21(7-5-19)29-23(32)9-12-36-14-15-37-13-11-27-22(31)8-10-28-26(35)20-16-24(33)30(3)17-20/h18-21H,4-17H2,1-3H3,(H,27,31)(H,28,35)(H,29,32). The molecule has 1 aliphatic heterocycles. The third-order valence-electron chi connectivity index (χ3n) is 6.84. The van der Waals surface area contributed by atoms with Gasteiger partial charge in [0.2, 0.25) is 23.6 Å². The van der Waals surface area contributed by atoms with Crippen LogP contribution in [-0.4, -0.2) is 93.5 Å². The molecule has 11 nitrogen and oxygen atoms in total. The predicted octanol–water partition coefficient (Wildman–Crippen LogP) is 0.411. The lowest BCUT2D eigenvalue weighted by Crippen LogP contribution is -2.39. The molecular formula is C26H44N4O7. The van der Waals surface area contributed by atoms with Crippen LogP contribution in [0.2, 0.25) is 0 Å². The number of Topliss-reactive ketones (excluding diaryl/α,β-unsaturated/α-hetero) is 1. The molecule has 11 heteroatoms. The third-order valence-corrected chi connectivity index (χ3v) is 6.84. The smallest absolute Gasteiger partial charge is 0.225 e. The summed E-state index contributed by atoms with van der Waals surface area (Å²) in [5.41, 5.74) is 0. The van der Waals surface area contributed by atoms with Crippen LogP contribution in [0.5, 0.6) is 0 Å². The van der Waals surface area contributed by atoms with Crippen molar-refractivity contribution in [2.24, 2.45) is 17.8 Å². The highest BCUT2D eigenvalue weighted by molar-refractivity contribution is 5.89. The summed E-state index contributed by atoms with van der Waals surface area (Å²) in [6.45, 7) is 6.22. The van der Waals surface area contributed by atoms with Gasteiger partial charge in [-0.2, -0.15) is 0 Å². The minimum Gasteiger partial charge on any atom is -0.379 e. The monoisotopic (exact) mass is 524 g/mol. The van der Waals surface area contributed by atoms with E-state index in [1.807, 2.05) is 13.8 Å². The largest absolute Gasteiger partial charge is 0.379 e. The van der Waals surface area contributed by atoms with Crippen LogP contribution in [0.15, 0.2) is 0 Å². The molecule has 0 spiro atoms. The van der Waals surface area contributed by atoms with Gasteiger partial charge in [-0.15, -0.1) is 0 Å². The maximum Gasteiger partial charge on any atom is 0.225 e. The Morgan fingerprint density at radius 2 is 1.54 bits per heavy atom. The summed E-state index contributed by atoms with van der Waals surface area (Å²) in [6, 6.07) is 0.138. The summed E-state index contributed by atoms with van der Waals surface area (Å²) in [6.07, 6.45) is 4.02. The summed E-state index contributed by atoms with van der Waals surface area (Å²) in [5, 5.41) is 8.45. The Morgan fingerprint density at radius 1 is 0.865 bits per heavy atom. The maximum atomic E-state index is 12.1. The van der Waals surface area contributed by atoms with Crippen LogP contribution in [0.25, 0.3) is 0 Å². The fourth-order valence-electron chi connectivity index (χ4n) is 4.61. The zero-order valence-electron chi connectivity index (χ0n) is 22.5. The van der Waals surface area contributed by atoms with Crippen molar-refractivity contribution in [2.45, 2.75) is 64.8 Å². The first kappa shape index (κ1) is 30.7. The molecule has 0 bridgehead atoms. The van der Waals surface area contributed by atoms with Crippen LogP contribution < -0.4 is 16.0 Å². The Labute approximate surface area is 219 Å². The summed E-state index contributed by atoms with van der Waals surface area (Å²) in [7, 11) is 1.67. The molecule has 1 heterocycles. The number of carbonyl (C=O) groups is 5. The van der Waals surface area contributed by atoms with Crippen molar-refractivity contribution >= 4 is 29.4 Å². The number of amides is 4. The second-order valence-electron chi connectivity index (χ2n) is 10.2. The van der Waals surface area contributed by atoms with Gasteiger partial charge in [-0.05, 0) is 25.7 Å². The molecule has 4 amide bonds. The summed E-state index contributed by atoms with van der Waals surface area (Å²) in [4.78, 5) is 61.1. The fraction of sp³-hybridized carbons (Fsp3) is 0.808. The molecule has 0 aromatic rings. The van der Waals surface area contributed by atoms with Gasteiger partial charge in [0.15, 0.2) is 0 Å². The van der Waals surface area contributed by atoms with E-state index in [-0.39, 0.29) is 73.2 Å². The number of ketones is 1. The highest BCUT2D eigenvalue weighted by Crippen LogP contribution is 2.27. The van der Waals surface area contributed by atoms with Crippen molar-refractivity contribution in [2.75, 3.05) is 53.1 Å². The third kappa shape index (κ3) is 11.6. The van der Waals surface area contributed by atoms with Crippen LogP contribution in [0, 0.1) is 17.8 Å². The number of ether oxygens (including phenoxy) is 2. The second-order valence-corrected chi connectivity index (χ2v) is 10.2. The molecule has 1 saturated heterocycles. The van der Waals surface area contributed by atoms with Crippen molar-refractivity contribution in [3.8, 4) is 0 Å². The molecule has 0 radical (unpaired) electrons. The Balaban J connectivity index is 1.38. The molecule has 1 aliphatic carbocycles. The quantitative estimate of drug-likeness (QED) is 0.248. The molecule has 1 saturated carbocycles. The zero-order chi connectivity index (χ0) is 27.2. The Morgan fingerprint density at radius 3 is 2.16 bits per heavy atom. The van der Waals surface area contributed by atoms with Gasteiger partial charge >= 0.3 is 0 Å². The fourth-order valence-corrected chi connectivity index (χ4v) is 4.61. The number of rotatable bonds is 16. The van der Waals surface area contributed by atoms with E-state index in [0.717, 1.165) is 25.7 Å². The normalized spacial score (nSPS) is 21.7. The lowest BCUT2D eigenvalue weighted by atomic mass is 9.80. The molecule has 1 unspecified atom stereocenters. The number of carbonyl (C=O) groups excluding carboxylic acids is 5. The van der Waals surface area contributed by atoms with Gasteiger partial charge in [-0.25, -0.2) is 0 Å². The molecule has 1 atom stereocenters. The number of hydrogen-bond acceptors (Lipinski definition) is 7. The summed E-state index contributed by atoms with van der Waals surface area (Å²) >= 11 is 0. The first-order valence-electron chi connectivity index (χ1n) is 13.4. The van der Waals surface area contributed by atoms with E-state index < -0.39 is 0 Å². The first-order chi connectivity index (χ1) is 17.7. The molecular weight excluding hydrogens is 480 g/mol. The topological polar surface area (TPSA) is 143 Å². The van der Waals surface area contributed by atoms with Crippen molar-refractivity contribution in [3.05, 3.63) is 0 Å². The second kappa shape index (κ2) is 16.3. The molecule has 0 aromatic carbocycles. The van der Waals surface area contributed by atoms with Gasteiger partial charge in [0.05, 0.1) is 32.3 Å². The minimum atomic E-state index is -0.349. The van der Waals surface area contributed by atoms with Crippen LogP contribution in [0.1, 0.15) is 58.8 Å². The number of hydrogen-bond donors (Lipinski definition) is 3. The van der Waals surface area contributed by atoms with Gasteiger partial charge in [0.25, 0.3) is 0 Å². The van der Waals surface area contributed by atoms with Crippen molar-refractivity contribution in [3.63, 3.8) is 0 Å². The van der Waals surface area contributed by atoms with E-state index >= 15 is 0 Å². The van der Waals surface area contributed by atoms with Gasteiger partial charge in [0.1, 0.15) is 5.78 Å². The Kier molecular flexibility index (Phi) is 13.6. The highest BCUT2D eigenvalue weighted by atomic mass is 16.5. The summed E-state index contributed by atoms with van der Waals surface area (Å²) < 4.78 is 10.9. The minimum absolute atomic E-state index is 0.0393. The van der Waals surface area contributed by atoms with Crippen molar-refractivity contribution in [1.82, 2.24) is 20.9 Å². The Hall–Kier alpha value is -2.53. The average molecular weight is 525 g/mol. The van der Waals surface area contributed by atoms with E-state index in [0.29, 0.717) is 45.3 Å². The molecule has 3 N–H and O–H groups in total. The van der Waals surface area contributed by atoms with E-state index in [9.17, 15) is 24.0 Å². The molecule has 2 aliphatic rings. The van der Waals surface area contributed by atoms with Gasteiger partial charge < -0.3 is 30.3 Å². The van der Waals surface area contributed by atoms with E-state index in [1.54, 1.807) is 7.05 Å². The SMILES string of the molecule is CC(C)C(=O)C1CCC(NC(=O)CCOCCOCCNC(=O)CCNC(=O)C2CC(=O)N(C)C2)CC1. The zero-order valence-corrected chi connectivity index (χ0v) is 22.5. The predicted molar refractivity (Wildman–Crippen MR) is 136 cm³/mol. The lowest BCUT2D eigenvalue weighted by molar-refractivity contribution is -0.128. The van der Waals surface area contributed by atoms with E-state index in [1.165, 1.54) is 4.90 Å². The number of likely N-dealkylation sites (tertiary alicyclic amines) is 1. The van der Waals surface area contributed by atoms with E-state index in [2.05, 4.69) is 16.0 Å². The summed E-state index contributed by atoms with van der Waals surface area (Å²) in [5.74, 6) is -0.285. The van der Waals surface area contributed by atoms with Crippen LogP contribution in [0.4, 0.5) is 0 Å². The molecule has 210 valence electrons. The van der Waals surface area contributed by atoms with Gasteiger partial charge in [-0.1, -0.05) is 13.8 Å².